The van der Waals surface area contributed by atoms with Crippen LogP contribution >= 0.6 is 0 Å². The van der Waals surface area contributed by atoms with E-state index in [-0.39, 0.29) is 41.0 Å². The maximum atomic E-state index is 12.7. The lowest BCUT2D eigenvalue weighted by atomic mass is 10.2. The van der Waals surface area contributed by atoms with E-state index in [0.717, 1.165) is 19.3 Å². The number of carbonyl (C=O) groups is 3. The molecule has 2 heterocycles. The third kappa shape index (κ3) is 4.44. The molecular weight excluding hydrogens is 396 g/mol. The first-order valence-corrected chi connectivity index (χ1v) is 11.8. The first-order valence-electron chi connectivity index (χ1n) is 9.93. The van der Waals surface area contributed by atoms with Crippen LogP contribution in [0.4, 0.5) is 5.69 Å². The molecule has 8 nitrogen and oxygen atoms in total. The number of benzene rings is 1. The van der Waals surface area contributed by atoms with Gasteiger partial charge in [-0.2, -0.15) is 0 Å². The quantitative estimate of drug-likeness (QED) is 0.640. The molecule has 0 N–H and O–H groups in total. The number of sulfone groups is 1. The van der Waals surface area contributed by atoms with Crippen LogP contribution in [0.2, 0.25) is 0 Å². The molecular formula is C20H24N2O6S. The van der Waals surface area contributed by atoms with Gasteiger partial charge in [-0.15, -0.1) is 0 Å². The molecule has 29 heavy (non-hydrogen) atoms. The fourth-order valence-corrected chi connectivity index (χ4v) is 5.77. The van der Waals surface area contributed by atoms with E-state index in [1.807, 2.05) is 0 Å². The number of carbonyl (C=O) groups excluding carboxylic acids is 3. The average molecular weight is 420 g/mol. The minimum Gasteiger partial charge on any atom is -0.452 e. The summed E-state index contributed by atoms with van der Waals surface area (Å²) in [5, 5.41) is 0. The van der Waals surface area contributed by atoms with E-state index in [1.165, 1.54) is 0 Å². The highest BCUT2D eigenvalue weighted by Crippen LogP contribution is 2.32. The summed E-state index contributed by atoms with van der Waals surface area (Å²) in [5.41, 5.74) is 0.917. The molecule has 3 aliphatic rings. The first-order chi connectivity index (χ1) is 13.8. The molecule has 156 valence electrons. The first kappa shape index (κ1) is 19.9. The Morgan fingerprint density at radius 3 is 2.59 bits per heavy atom. The van der Waals surface area contributed by atoms with Crippen LogP contribution in [0.3, 0.4) is 0 Å². The van der Waals surface area contributed by atoms with Gasteiger partial charge in [0, 0.05) is 30.7 Å². The van der Waals surface area contributed by atoms with Crippen LogP contribution in [-0.2, 0) is 24.2 Å². The van der Waals surface area contributed by atoms with Crippen LogP contribution in [0.1, 0.15) is 42.5 Å². The molecule has 1 saturated carbocycles. The Bertz CT molecular complexity index is 940. The van der Waals surface area contributed by atoms with Gasteiger partial charge >= 0.3 is 5.97 Å². The maximum absolute atomic E-state index is 12.7. The highest BCUT2D eigenvalue weighted by atomic mass is 32.2. The lowest BCUT2D eigenvalue weighted by molar-refractivity contribution is -0.137. The second-order valence-electron chi connectivity index (χ2n) is 7.86. The van der Waals surface area contributed by atoms with Crippen molar-refractivity contribution < 1.29 is 27.5 Å². The molecule has 1 aromatic carbocycles. The Balaban J connectivity index is 1.39. The molecule has 0 bridgehead atoms. The zero-order valence-electron chi connectivity index (χ0n) is 16.1. The van der Waals surface area contributed by atoms with E-state index < -0.39 is 22.4 Å². The largest absolute Gasteiger partial charge is 0.452 e. The molecule has 2 amide bonds. The standard InChI is InChI=1S/C20H24N2O6S/c23-18-5-2-9-21(18)16-4-1-3-14(11-16)20(25)28-12-19(24)22(15-6-7-15)17-8-10-29(26,27)13-17/h1,3-4,11,15,17H,2,5-10,12-13H2/t17-/m0/s1. The smallest absolute Gasteiger partial charge is 0.338 e. The van der Waals surface area contributed by atoms with Crippen LogP contribution in [-0.4, -0.2) is 67.8 Å². The van der Waals surface area contributed by atoms with Crippen molar-refractivity contribution in [3.8, 4) is 0 Å². The number of rotatable bonds is 6. The number of ether oxygens (including phenoxy) is 1. The molecule has 3 fully saturated rings. The SMILES string of the molecule is O=C(OCC(=O)N(C1CC1)[C@H]1CCS(=O)(=O)C1)c1cccc(N2CCCC2=O)c1. The number of hydrogen-bond acceptors (Lipinski definition) is 6. The van der Waals surface area contributed by atoms with E-state index in [2.05, 4.69) is 0 Å². The monoisotopic (exact) mass is 420 g/mol. The predicted octanol–water partition coefficient (Wildman–Crippen LogP) is 1.15. The minimum absolute atomic E-state index is 0.0188. The predicted molar refractivity (Wildman–Crippen MR) is 105 cm³/mol. The molecule has 1 aromatic rings. The second kappa shape index (κ2) is 7.78. The van der Waals surface area contributed by atoms with Crippen LogP contribution < -0.4 is 4.90 Å². The van der Waals surface area contributed by atoms with E-state index >= 15 is 0 Å². The van der Waals surface area contributed by atoms with Crippen LogP contribution in [0.25, 0.3) is 0 Å². The van der Waals surface area contributed by atoms with Gasteiger partial charge in [0.15, 0.2) is 16.4 Å². The topological polar surface area (TPSA) is 101 Å². The van der Waals surface area contributed by atoms with Crippen molar-refractivity contribution in [1.82, 2.24) is 4.90 Å². The van der Waals surface area contributed by atoms with Crippen molar-refractivity contribution in [3.63, 3.8) is 0 Å². The zero-order valence-corrected chi connectivity index (χ0v) is 16.9. The number of amides is 2. The van der Waals surface area contributed by atoms with Crippen molar-refractivity contribution in [3.05, 3.63) is 29.8 Å². The van der Waals surface area contributed by atoms with Crippen LogP contribution in [0.5, 0.6) is 0 Å². The Morgan fingerprint density at radius 2 is 1.97 bits per heavy atom. The second-order valence-corrected chi connectivity index (χ2v) is 10.1. The summed E-state index contributed by atoms with van der Waals surface area (Å²) in [6.45, 7) is 0.204. The van der Waals surface area contributed by atoms with Gasteiger partial charge in [0.25, 0.3) is 5.91 Å². The Hall–Kier alpha value is -2.42. The van der Waals surface area contributed by atoms with Gasteiger partial charge in [-0.1, -0.05) is 6.07 Å². The van der Waals surface area contributed by atoms with Crippen molar-refractivity contribution >= 4 is 33.3 Å². The Kier molecular flexibility index (Phi) is 5.33. The molecule has 0 aromatic heterocycles. The number of anilines is 1. The average Bonchev–Trinajstić information content (AvgIpc) is 3.32. The molecule has 1 atom stereocenters. The highest BCUT2D eigenvalue weighted by molar-refractivity contribution is 7.91. The summed E-state index contributed by atoms with van der Waals surface area (Å²) >= 11 is 0. The van der Waals surface area contributed by atoms with Crippen LogP contribution in [0.15, 0.2) is 24.3 Å². The van der Waals surface area contributed by atoms with Crippen molar-refractivity contribution in [2.45, 2.75) is 44.2 Å². The van der Waals surface area contributed by atoms with Crippen molar-refractivity contribution in [2.75, 3.05) is 29.6 Å². The van der Waals surface area contributed by atoms with E-state index in [9.17, 15) is 22.8 Å². The molecule has 2 aliphatic heterocycles. The molecule has 2 saturated heterocycles. The third-order valence-electron chi connectivity index (χ3n) is 5.62. The fourth-order valence-electron chi connectivity index (χ4n) is 4.06. The van der Waals surface area contributed by atoms with Crippen molar-refractivity contribution in [2.24, 2.45) is 0 Å². The number of hydrogen-bond donors (Lipinski definition) is 0. The van der Waals surface area contributed by atoms with Gasteiger partial charge in [0.05, 0.1) is 17.1 Å². The third-order valence-corrected chi connectivity index (χ3v) is 7.37. The summed E-state index contributed by atoms with van der Waals surface area (Å²) in [6.07, 6.45) is 3.42. The Morgan fingerprint density at radius 1 is 1.17 bits per heavy atom. The fraction of sp³-hybridized carbons (Fsp3) is 0.550. The molecule has 0 spiro atoms. The zero-order chi connectivity index (χ0) is 20.6. The maximum Gasteiger partial charge on any atom is 0.338 e. The molecule has 0 unspecified atom stereocenters. The summed E-state index contributed by atoms with van der Waals surface area (Å²) in [6, 6.07) is 6.34. The van der Waals surface area contributed by atoms with Crippen LogP contribution in [0, 0.1) is 0 Å². The van der Waals surface area contributed by atoms with Gasteiger partial charge < -0.3 is 14.5 Å². The van der Waals surface area contributed by atoms with Gasteiger partial charge in [-0.25, -0.2) is 13.2 Å². The van der Waals surface area contributed by atoms with Gasteiger partial charge in [0.2, 0.25) is 5.91 Å². The van der Waals surface area contributed by atoms with Gasteiger partial charge in [-0.05, 0) is 43.9 Å². The van der Waals surface area contributed by atoms with Gasteiger partial charge in [0.1, 0.15) is 0 Å². The molecule has 9 heteroatoms. The molecule has 4 rings (SSSR count). The lowest BCUT2D eigenvalue weighted by Crippen LogP contribution is -2.44. The van der Waals surface area contributed by atoms with E-state index in [1.54, 1.807) is 34.1 Å². The summed E-state index contributed by atoms with van der Waals surface area (Å²) in [7, 11) is -3.11. The highest BCUT2D eigenvalue weighted by Gasteiger charge is 2.42. The normalized spacial score (nSPS) is 23.2. The summed E-state index contributed by atoms with van der Waals surface area (Å²) in [4.78, 5) is 40.3. The summed E-state index contributed by atoms with van der Waals surface area (Å²) in [5.74, 6) is -0.891. The number of nitrogens with zero attached hydrogens (tertiary/aromatic N) is 2. The Labute approximate surface area is 169 Å². The van der Waals surface area contributed by atoms with E-state index in [0.29, 0.717) is 25.1 Å². The summed E-state index contributed by atoms with van der Waals surface area (Å²) < 4.78 is 28.8. The minimum atomic E-state index is -3.11. The van der Waals surface area contributed by atoms with E-state index in [4.69, 9.17) is 4.74 Å². The number of esters is 1. The molecule has 0 radical (unpaired) electrons. The van der Waals surface area contributed by atoms with Crippen molar-refractivity contribution in [1.29, 1.82) is 0 Å². The van der Waals surface area contributed by atoms with Gasteiger partial charge in [-0.3, -0.25) is 9.59 Å². The molecule has 1 aliphatic carbocycles. The lowest BCUT2D eigenvalue weighted by Gasteiger charge is -2.28.